The fourth-order valence-corrected chi connectivity index (χ4v) is 3.22. The second-order valence-corrected chi connectivity index (χ2v) is 6.70. The zero-order chi connectivity index (χ0) is 16.9. The van der Waals surface area contributed by atoms with Crippen LogP contribution >= 0.6 is 0 Å². The van der Waals surface area contributed by atoms with Crippen molar-refractivity contribution in [2.45, 2.75) is 20.4 Å². The summed E-state index contributed by atoms with van der Waals surface area (Å²) in [5.41, 5.74) is 3.05. The minimum absolute atomic E-state index is 0.0891. The zero-order valence-corrected chi connectivity index (χ0v) is 14.4. The number of hydrogen-bond donors (Lipinski definition) is 3. The minimum atomic E-state index is 0.0891. The number of nitrogens with zero attached hydrogens (tertiary/aromatic N) is 1. The normalized spacial score (nSPS) is 20.8. The maximum Gasteiger partial charge on any atom is 0.279 e. The topological polar surface area (TPSA) is 64.0 Å². The Morgan fingerprint density at radius 1 is 1.17 bits per heavy atom. The molecule has 1 aliphatic rings. The summed E-state index contributed by atoms with van der Waals surface area (Å²) in [6.45, 7) is 9.50. The molecule has 1 aliphatic heterocycles. The largest absolute Gasteiger partial charge is 0.361 e. The first-order valence-corrected chi connectivity index (χ1v) is 8.54. The lowest BCUT2D eigenvalue weighted by Crippen LogP contribution is -3.28. The van der Waals surface area contributed by atoms with Crippen molar-refractivity contribution < 1.29 is 19.1 Å². The summed E-state index contributed by atoms with van der Waals surface area (Å²) in [4.78, 5) is 15.1. The Hall–Kier alpha value is -2.18. The number of carbonyl (C=O) groups excluding carboxylic acids is 1. The third-order valence-electron chi connectivity index (χ3n) is 4.48. The highest BCUT2D eigenvalue weighted by atomic mass is 16.5. The number of aromatic nitrogens is 1. The van der Waals surface area contributed by atoms with Gasteiger partial charge in [0, 0.05) is 11.8 Å². The van der Waals surface area contributed by atoms with Crippen LogP contribution in [0.3, 0.4) is 0 Å². The van der Waals surface area contributed by atoms with Crippen LogP contribution in [-0.2, 0) is 11.3 Å². The van der Waals surface area contributed by atoms with Crippen molar-refractivity contribution in [2.24, 2.45) is 0 Å². The third kappa shape index (κ3) is 4.66. The van der Waals surface area contributed by atoms with E-state index in [9.17, 15) is 4.79 Å². The van der Waals surface area contributed by atoms with Gasteiger partial charge < -0.3 is 19.6 Å². The minimum Gasteiger partial charge on any atom is -0.361 e. The molecule has 0 atom stereocenters. The smallest absolute Gasteiger partial charge is 0.279 e. The SMILES string of the molecule is Cc1cccc(NC(=O)C[NH+]2CC[NH+](Cc3cc(C)on3)CC2)c1. The first kappa shape index (κ1) is 16.7. The summed E-state index contributed by atoms with van der Waals surface area (Å²) < 4.78 is 5.12. The Morgan fingerprint density at radius 3 is 2.58 bits per heavy atom. The van der Waals surface area contributed by atoms with Gasteiger partial charge in [-0.3, -0.25) is 4.79 Å². The van der Waals surface area contributed by atoms with Crippen molar-refractivity contribution >= 4 is 11.6 Å². The Labute approximate surface area is 142 Å². The number of amides is 1. The maximum absolute atomic E-state index is 12.2. The molecule has 1 aromatic heterocycles. The van der Waals surface area contributed by atoms with Crippen LogP contribution in [0.2, 0.25) is 0 Å². The summed E-state index contributed by atoms with van der Waals surface area (Å²) in [6, 6.07) is 9.92. The van der Waals surface area contributed by atoms with Gasteiger partial charge in [-0.15, -0.1) is 0 Å². The molecule has 0 radical (unpaired) electrons. The van der Waals surface area contributed by atoms with Gasteiger partial charge in [-0.1, -0.05) is 17.3 Å². The monoisotopic (exact) mass is 330 g/mol. The fraction of sp³-hybridized carbons (Fsp3) is 0.444. The van der Waals surface area contributed by atoms with E-state index in [-0.39, 0.29) is 5.91 Å². The molecule has 1 aromatic carbocycles. The molecule has 0 unspecified atom stereocenters. The van der Waals surface area contributed by atoms with Gasteiger partial charge >= 0.3 is 0 Å². The van der Waals surface area contributed by atoms with Crippen LogP contribution < -0.4 is 15.1 Å². The molecule has 6 nitrogen and oxygen atoms in total. The molecule has 2 aromatic rings. The molecule has 128 valence electrons. The number of hydrogen-bond acceptors (Lipinski definition) is 3. The second kappa shape index (κ2) is 7.59. The molecule has 1 saturated heterocycles. The van der Waals surface area contributed by atoms with E-state index >= 15 is 0 Å². The summed E-state index contributed by atoms with van der Waals surface area (Å²) in [6.07, 6.45) is 0. The van der Waals surface area contributed by atoms with Crippen molar-refractivity contribution in [1.29, 1.82) is 0 Å². The van der Waals surface area contributed by atoms with E-state index in [2.05, 4.69) is 10.5 Å². The van der Waals surface area contributed by atoms with Gasteiger partial charge in [-0.2, -0.15) is 0 Å². The number of nitrogens with one attached hydrogen (secondary N) is 3. The van der Waals surface area contributed by atoms with Crippen molar-refractivity contribution in [3.05, 3.63) is 47.3 Å². The van der Waals surface area contributed by atoms with E-state index in [0.717, 1.165) is 55.4 Å². The molecule has 0 spiro atoms. The predicted molar refractivity (Wildman–Crippen MR) is 91.0 cm³/mol. The van der Waals surface area contributed by atoms with E-state index in [0.29, 0.717) is 6.54 Å². The molecular weight excluding hydrogens is 304 g/mol. The molecule has 1 amide bonds. The Kier molecular flexibility index (Phi) is 5.27. The molecular formula is C18H26N4O2+2. The van der Waals surface area contributed by atoms with Crippen LogP contribution in [0.4, 0.5) is 5.69 Å². The maximum atomic E-state index is 12.2. The summed E-state index contributed by atoms with van der Waals surface area (Å²) in [7, 11) is 0. The highest BCUT2D eigenvalue weighted by Gasteiger charge is 2.25. The van der Waals surface area contributed by atoms with Crippen LogP contribution in [0.1, 0.15) is 17.0 Å². The number of quaternary nitrogens is 2. The van der Waals surface area contributed by atoms with Crippen LogP contribution in [-0.4, -0.2) is 43.8 Å². The van der Waals surface area contributed by atoms with Crippen LogP contribution in [0.15, 0.2) is 34.9 Å². The number of carbonyl (C=O) groups is 1. The van der Waals surface area contributed by atoms with Gasteiger partial charge in [-0.05, 0) is 31.5 Å². The lowest BCUT2D eigenvalue weighted by molar-refractivity contribution is -1.02. The Balaban J connectivity index is 1.42. The summed E-state index contributed by atoms with van der Waals surface area (Å²) >= 11 is 0. The second-order valence-electron chi connectivity index (χ2n) is 6.70. The van der Waals surface area contributed by atoms with Gasteiger partial charge in [-0.25, -0.2) is 0 Å². The average molecular weight is 330 g/mol. The lowest BCUT2D eigenvalue weighted by atomic mass is 10.2. The molecule has 0 aliphatic carbocycles. The van der Waals surface area contributed by atoms with Gasteiger partial charge in [0.1, 0.15) is 44.2 Å². The molecule has 3 N–H and O–H groups in total. The van der Waals surface area contributed by atoms with Gasteiger partial charge in [0.15, 0.2) is 6.54 Å². The zero-order valence-electron chi connectivity index (χ0n) is 14.4. The Morgan fingerprint density at radius 2 is 1.92 bits per heavy atom. The van der Waals surface area contributed by atoms with E-state index < -0.39 is 0 Å². The van der Waals surface area contributed by atoms with Crippen LogP contribution in [0, 0.1) is 13.8 Å². The Bertz CT molecular complexity index is 690. The molecule has 2 heterocycles. The number of anilines is 1. The van der Waals surface area contributed by atoms with Gasteiger partial charge in [0.25, 0.3) is 5.91 Å². The highest BCUT2D eigenvalue weighted by Crippen LogP contribution is 2.08. The molecule has 0 bridgehead atoms. The lowest BCUT2D eigenvalue weighted by Gasteiger charge is -2.28. The van der Waals surface area contributed by atoms with Crippen molar-refractivity contribution in [3.8, 4) is 0 Å². The number of piperazine rings is 1. The molecule has 24 heavy (non-hydrogen) atoms. The quantitative estimate of drug-likeness (QED) is 0.674. The van der Waals surface area contributed by atoms with Crippen LogP contribution in [0.5, 0.6) is 0 Å². The summed E-state index contributed by atoms with van der Waals surface area (Å²) in [5.74, 6) is 0.952. The standard InChI is InChI=1S/C18H24N4O2/c1-14-4-3-5-16(10-14)19-18(23)13-22-8-6-21(7-9-22)12-17-11-15(2)24-20-17/h3-5,10-11H,6-9,12-13H2,1-2H3,(H,19,23)/p+2. The molecule has 6 heteroatoms. The van der Waals surface area contributed by atoms with E-state index in [1.807, 2.05) is 44.2 Å². The molecule has 0 saturated carbocycles. The number of rotatable bonds is 5. The first-order chi connectivity index (χ1) is 11.6. The molecule has 3 rings (SSSR count). The average Bonchev–Trinajstić information content (AvgIpc) is 2.94. The van der Waals surface area contributed by atoms with E-state index in [1.54, 1.807) is 0 Å². The fourth-order valence-electron chi connectivity index (χ4n) is 3.22. The van der Waals surface area contributed by atoms with E-state index in [4.69, 9.17) is 4.52 Å². The van der Waals surface area contributed by atoms with E-state index in [1.165, 1.54) is 9.80 Å². The van der Waals surface area contributed by atoms with Crippen LogP contribution in [0.25, 0.3) is 0 Å². The first-order valence-electron chi connectivity index (χ1n) is 8.54. The highest BCUT2D eigenvalue weighted by molar-refractivity contribution is 5.91. The van der Waals surface area contributed by atoms with Crippen molar-refractivity contribution in [3.63, 3.8) is 0 Å². The predicted octanol–water partition coefficient (Wildman–Crippen LogP) is -0.786. The third-order valence-corrected chi connectivity index (χ3v) is 4.48. The van der Waals surface area contributed by atoms with Crippen molar-refractivity contribution in [2.75, 3.05) is 38.0 Å². The summed E-state index contributed by atoms with van der Waals surface area (Å²) in [5, 5.41) is 7.06. The number of aryl methyl sites for hydroxylation is 2. The van der Waals surface area contributed by atoms with Gasteiger partial charge in [0.2, 0.25) is 0 Å². The molecule has 1 fully saturated rings. The number of benzene rings is 1. The van der Waals surface area contributed by atoms with Crippen molar-refractivity contribution in [1.82, 2.24) is 5.16 Å². The van der Waals surface area contributed by atoms with Gasteiger partial charge in [0.05, 0.1) is 0 Å².